The Labute approximate surface area is 145 Å². The Morgan fingerprint density at radius 3 is 2.73 bits per heavy atom. The zero-order valence-corrected chi connectivity index (χ0v) is 13.2. The predicted octanol–water partition coefficient (Wildman–Crippen LogP) is 3.66. The summed E-state index contributed by atoms with van der Waals surface area (Å²) in [7, 11) is 0. The molecule has 138 valence electrons. The third-order valence-corrected chi connectivity index (χ3v) is 3.93. The molecule has 3 rings (SSSR count). The van der Waals surface area contributed by atoms with Gasteiger partial charge in [-0.05, 0) is 36.6 Å². The second kappa shape index (κ2) is 7.28. The monoisotopic (exact) mass is 371 g/mol. The Bertz CT molecular complexity index is 844. The summed E-state index contributed by atoms with van der Waals surface area (Å²) >= 11 is 0. The van der Waals surface area contributed by atoms with E-state index in [1.54, 1.807) is 0 Å². The lowest BCUT2D eigenvalue weighted by atomic mass is 9.94. The Kier molecular flexibility index (Phi) is 5.08. The summed E-state index contributed by atoms with van der Waals surface area (Å²) in [5, 5.41) is 9.22. The van der Waals surface area contributed by atoms with E-state index in [0.717, 1.165) is 6.07 Å². The van der Waals surface area contributed by atoms with E-state index >= 15 is 0 Å². The van der Waals surface area contributed by atoms with Crippen LogP contribution in [0.4, 0.5) is 17.6 Å². The predicted molar refractivity (Wildman–Crippen MR) is 81.2 cm³/mol. The van der Waals surface area contributed by atoms with Gasteiger partial charge in [-0.2, -0.15) is 8.78 Å². The molecule has 1 aliphatic rings. The normalized spacial score (nSPS) is 16.3. The molecule has 0 bridgehead atoms. The number of carboxylic acid groups (broad SMARTS) is 1. The number of benzene rings is 1. The minimum atomic E-state index is -2.96. The van der Waals surface area contributed by atoms with Crippen molar-refractivity contribution in [2.24, 2.45) is 0 Å². The largest absolute Gasteiger partial charge is 0.477 e. The molecule has 0 saturated carbocycles. The van der Waals surface area contributed by atoms with Crippen LogP contribution in [0.3, 0.4) is 0 Å². The Morgan fingerprint density at radius 2 is 2.08 bits per heavy atom. The second-order valence-corrected chi connectivity index (χ2v) is 5.64. The van der Waals surface area contributed by atoms with Gasteiger partial charge in [-0.25, -0.2) is 18.6 Å². The van der Waals surface area contributed by atoms with Crippen LogP contribution < -0.4 is 4.74 Å². The molecule has 2 aromatic rings. The summed E-state index contributed by atoms with van der Waals surface area (Å²) in [6.45, 7) is -3.35. The van der Waals surface area contributed by atoms with Crippen molar-refractivity contribution in [3.63, 3.8) is 0 Å². The van der Waals surface area contributed by atoms with E-state index in [1.165, 1.54) is 12.1 Å². The molecule has 0 amide bonds. The lowest BCUT2D eigenvalue weighted by molar-refractivity contribution is -0.146. The molecule has 2 heterocycles. The number of halogens is 4. The highest BCUT2D eigenvalue weighted by atomic mass is 19.3. The van der Waals surface area contributed by atoms with E-state index in [4.69, 9.17) is 4.74 Å². The minimum Gasteiger partial charge on any atom is -0.477 e. The van der Waals surface area contributed by atoms with Crippen LogP contribution in [0.15, 0.2) is 24.3 Å². The van der Waals surface area contributed by atoms with Crippen molar-refractivity contribution in [2.75, 3.05) is 6.61 Å². The molecule has 0 radical (unpaired) electrons. The first kappa shape index (κ1) is 18.1. The van der Waals surface area contributed by atoms with Crippen molar-refractivity contribution in [3.05, 3.63) is 47.2 Å². The maximum Gasteiger partial charge on any atom is 0.354 e. The average Bonchev–Trinajstić information content (AvgIpc) is 2.58. The third kappa shape index (κ3) is 3.77. The zero-order valence-electron chi connectivity index (χ0n) is 13.2. The molecule has 1 atom stereocenters. The Balaban J connectivity index is 2.02. The van der Waals surface area contributed by atoms with Gasteiger partial charge in [-0.1, -0.05) is 0 Å². The summed E-state index contributed by atoms with van der Waals surface area (Å²) in [6, 6.07) is 4.11. The first-order valence-corrected chi connectivity index (χ1v) is 7.64. The van der Waals surface area contributed by atoms with Crippen LogP contribution in [-0.4, -0.2) is 35.4 Å². The molecule has 0 saturated heterocycles. The number of rotatable bonds is 5. The van der Waals surface area contributed by atoms with Crippen LogP contribution in [-0.2, 0) is 11.2 Å². The average molecular weight is 371 g/mol. The molecular formula is C17H13F4NO4. The van der Waals surface area contributed by atoms with Crippen LogP contribution >= 0.6 is 0 Å². The third-order valence-electron chi connectivity index (χ3n) is 3.93. The van der Waals surface area contributed by atoms with Gasteiger partial charge in [0.25, 0.3) is 0 Å². The van der Waals surface area contributed by atoms with E-state index in [-0.39, 0.29) is 23.4 Å². The Hall–Kier alpha value is -2.68. The molecule has 1 unspecified atom stereocenters. The molecule has 9 heteroatoms. The quantitative estimate of drug-likeness (QED) is 0.813. The molecule has 1 aliphatic heterocycles. The standard InChI is InChI=1S/C17H13F4NO4/c18-8-1-3-10(13(19)5-8)12-6-14(16(23)24)22-15-11(12)4-2-9(26-15)7-25-17(20)21/h1,3,5-6,9,17H,2,4,7H2,(H,23,24). The van der Waals surface area contributed by atoms with E-state index in [1.807, 2.05) is 0 Å². The highest BCUT2D eigenvalue weighted by molar-refractivity contribution is 5.88. The van der Waals surface area contributed by atoms with Crippen molar-refractivity contribution in [1.82, 2.24) is 4.98 Å². The highest BCUT2D eigenvalue weighted by Gasteiger charge is 2.27. The first-order chi connectivity index (χ1) is 12.3. The van der Waals surface area contributed by atoms with Crippen molar-refractivity contribution >= 4 is 5.97 Å². The molecule has 1 aromatic carbocycles. The van der Waals surface area contributed by atoms with Gasteiger partial charge in [0.2, 0.25) is 5.88 Å². The van der Waals surface area contributed by atoms with E-state index in [0.29, 0.717) is 18.1 Å². The summed E-state index contributed by atoms with van der Waals surface area (Å²) in [4.78, 5) is 15.2. The number of carbonyl (C=O) groups is 1. The van der Waals surface area contributed by atoms with Crippen molar-refractivity contribution in [3.8, 4) is 17.0 Å². The van der Waals surface area contributed by atoms with Gasteiger partial charge < -0.3 is 14.6 Å². The lowest BCUT2D eigenvalue weighted by Crippen LogP contribution is -2.30. The van der Waals surface area contributed by atoms with Crippen LogP contribution in [0.2, 0.25) is 0 Å². The van der Waals surface area contributed by atoms with Crippen LogP contribution in [0.25, 0.3) is 11.1 Å². The van der Waals surface area contributed by atoms with Gasteiger partial charge in [0.05, 0.1) is 6.61 Å². The molecule has 1 N–H and O–H groups in total. The maximum atomic E-state index is 14.2. The number of pyridine rings is 1. The molecular weight excluding hydrogens is 358 g/mol. The Morgan fingerprint density at radius 1 is 1.31 bits per heavy atom. The van der Waals surface area contributed by atoms with Gasteiger partial charge in [-0.3, -0.25) is 0 Å². The fraction of sp³-hybridized carbons (Fsp3) is 0.294. The number of alkyl halides is 2. The summed E-state index contributed by atoms with van der Waals surface area (Å²) in [5.74, 6) is -3.09. The fourth-order valence-electron chi connectivity index (χ4n) is 2.76. The van der Waals surface area contributed by atoms with Gasteiger partial charge in [0.1, 0.15) is 17.7 Å². The van der Waals surface area contributed by atoms with Gasteiger partial charge in [-0.15, -0.1) is 0 Å². The van der Waals surface area contributed by atoms with Gasteiger partial charge in [0.15, 0.2) is 5.69 Å². The number of aromatic nitrogens is 1. The number of carboxylic acids is 1. The van der Waals surface area contributed by atoms with Crippen molar-refractivity contribution in [2.45, 2.75) is 25.6 Å². The molecule has 5 nitrogen and oxygen atoms in total. The maximum absolute atomic E-state index is 14.2. The van der Waals surface area contributed by atoms with Crippen LogP contribution in [0.5, 0.6) is 5.88 Å². The number of aromatic carboxylic acids is 1. The summed E-state index contributed by atoms with van der Waals surface area (Å²) in [5.41, 5.74) is 0.225. The smallest absolute Gasteiger partial charge is 0.354 e. The highest BCUT2D eigenvalue weighted by Crippen LogP contribution is 2.36. The van der Waals surface area contributed by atoms with Gasteiger partial charge >= 0.3 is 12.6 Å². The van der Waals surface area contributed by atoms with Gasteiger partial charge in [0, 0.05) is 17.2 Å². The minimum absolute atomic E-state index is 0.00145. The number of hydrogen-bond donors (Lipinski definition) is 1. The van der Waals surface area contributed by atoms with Crippen LogP contribution in [0, 0.1) is 11.6 Å². The molecule has 0 fully saturated rings. The van der Waals surface area contributed by atoms with E-state index in [2.05, 4.69) is 9.72 Å². The van der Waals surface area contributed by atoms with Crippen molar-refractivity contribution < 1.29 is 36.9 Å². The number of ether oxygens (including phenoxy) is 2. The molecule has 0 spiro atoms. The van der Waals surface area contributed by atoms with Crippen LogP contribution in [0.1, 0.15) is 22.5 Å². The topological polar surface area (TPSA) is 68.7 Å². The van der Waals surface area contributed by atoms with E-state index < -0.39 is 42.6 Å². The molecule has 1 aromatic heterocycles. The fourth-order valence-corrected chi connectivity index (χ4v) is 2.76. The second-order valence-electron chi connectivity index (χ2n) is 5.64. The molecule has 0 aliphatic carbocycles. The molecule has 26 heavy (non-hydrogen) atoms. The first-order valence-electron chi connectivity index (χ1n) is 7.64. The number of hydrogen-bond acceptors (Lipinski definition) is 4. The summed E-state index contributed by atoms with van der Waals surface area (Å²) < 4.78 is 61.4. The van der Waals surface area contributed by atoms with E-state index in [9.17, 15) is 27.5 Å². The summed E-state index contributed by atoms with van der Waals surface area (Å²) in [6.07, 6.45) is -0.158. The number of nitrogens with zero attached hydrogens (tertiary/aromatic N) is 1. The lowest BCUT2D eigenvalue weighted by Gasteiger charge is -2.27. The number of fused-ring (bicyclic) bond motifs is 1. The zero-order chi connectivity index (χ0) is 18.8. The SMILES string of the molecule is O=C(O)c1cc(-c2ccc(F)cc2F)c2c(n1)OC(COC(F)F)CC2. The van der Waals surface area contributed by atoms with Crippen molar-refractivity contribution in [1.29, 1.82) is 0 Å².